The van der Waals surface area contributed by atoms with Crippen LogP contribution in [-0.2, 0) is 23.8 Å². The van der Waals surface area contributed by atoms with Crippen molar-refractivity contribution in [3.05, 3.63) is 24.3 Å². The summed E-state index contributed by atoms with van der Waals surface area (Å²) in [5.74, 6) is 0.00747. The predicted molar refractivity (Wildman–Crippen MR) is 125 cm³/mol. The molecule has 0 aromatic carbocycles. The zero-order valence-electron chi connectivity index (χ0n) is 20.3. The van der Waals surface area contributed by atoms with E-state index in [1.165, 1.54) is 0 Å². The van der Waals surface area contributed by atoms with Crippen LogP contribution >= 0.6 is 0 Å². The van der Waals surface area contributed by atoms with Crippen LogP contribution in [0.25, 0.3) is 0 Å². The maximum absolute atomic E-state index is 12.0. The highest BCUT2D eigenvalue weighted by molar-refractivity contribution is 5.94. The molecule has 0 aromatic rings. The summed E-state index contributed by atoms with van der Waals surface area (Å²) in [7, 11) is 0. The minimum Gasteiger partial charge on any atom is -0.463 e. The highest BCUT2D eigenvalue weighted by atomic mass is 16.7. The molecule has 200 valence electrons. The van der Waals surface area contributed by atoms with Crippen molar-refractivity contribution in [1.29, 1.82) is 0 Å². The van der Waals surface area contributed by atoms with Crippen LogP contribution in [0, 0.1) is 11.8 Å². The van der Waals surface area contributed by atoms with E-state index >= 15 is 0 Å². The topological polar surface area (TPSA) is 163 Å². The largest absolute Gasteiger partial charge is 0.463 e. The Morgan fingerprint density at radius 3 is 2.60 bits per heavy atom. The average Bonchev–Trinajstić information content (AvgIpc) is 3.20. The normalized spacial score (nSPS) is 31.8. The number of hydrogen-bond donors (Lipinski definition) is 5. The van der Waals surface area contributed by atoms with Gasteiger partial charge in [0.2, 0.25) is 0 Å². The van der Waals surface area contributed by atoms with Crippen molar-refractivity contribution in [3.63, 3.8) is 0 Å². The lowest BCUT2D eigenvalue weighted by atomic mass is 9.87. The number of allylic oxidation sites excluding steroid dienone is 4. The summed E-state index contributed by atoms with van der Waals surface area (Å²) in [6.07, 6.45) is 4.73. The fourth-order valence-electron chi connectivity index (χ4n) is 4.23. The molecule has 10 nitrogen and oxygen atoms in total. The maximum Gasteiger partial charge on any atom is 0.305 e. The standard InChI is InChI=1S/C25H40O10/c1-2-3-5-9-18-16(11-12-19(18)28)8-6-4-7-10-21(29)33-14-17(27)15-34-25-24(32)23(31)22(30)20(13-26)35-25/h3,5,11-12,16-18,20,22-27,30-32H,2,4,6-10,13-15H2,1H3/b5-3+/t16?,17?,18?,20-,22+,23+,24-,25-/m1/s1. The van der Waals surface area contributed by atoms with Gasteiger partial charge in [-0.1, -0.05) is 38.0 Å². The van der Waals surface area contributed by atoms with Gasteiger partial charge in [0.1, 0.15) is 37.1 Å². The number of ether oxygens (including phenoxy) is 3. The molecule has 35 heavy (non-hydrogen) atoms. The summed E-state index contributed by atoms with van der Waals surface area (Å²) >= 11 is 0. The highest BCUT2D eigenvalue weighted by Crippen LogP contribution is 2.30. The molecule has 1 aliphatic heterocycles. The monoisotopic (exact) mass is 500 g/mol. The third-order valence-corrected chi connectivity index (χ3v) is 6.34. The minimum absolute atomic E-state index is 0.0226. The molecule has 0 bridgehead atoms. The van der Waals surface area contributed by atoms with Crippen LogP contribution in [0.3, 0.4) is 0 Å². The number of ketones is 1. The van der Waals surface area contributed by atoms with Crippen LogP contribution in [0.15, 0.2) is 24.3 Å². The molecule has 1 heterocycles. The molecule has 1 aliphatic carbocycles. The lowest BCUT2D eigenvalue weighted by Gasteiger charge is -2.39. The molecule has 10 heteroatoms. The van der Waals surface area contributed by atoms with Gasteiger partial charge in [0, 0.05) is 12.3 Å². The van der Waals surface area contributed by atoms with Gasteiger partial charge in [0.15, 0.2) is 12.1 Å². The van der Waals surface area contributed by atoms with E-state index in [2.05, 4.69) is 19.1 Å². The summed E-state index contributed by atoms with van der Waals surface area (Å²) in [6.45, 7) is 0.820. The smallest absolute Gasteiger partial charge is 0.305 e. The Kier molecular flexibility index (Phi) is 13.1. The number of carbonyl (C=O) groups excluding carboxylic acids is 2. The number of rotatable bonds is 15. The van der Waals surface area contributed by atoms with Crippen LogP contribution in [0.4, 0.5) is 0 Å². The molecule has 5 N–H and O–H groups in total. The Balaban J connectivity index is 1.57. The quantitative estimate of drug-likeness (QED) is 0.121. The number of esters is 1. The van der Waals surface area contributed by atoms with Crippen molar-refractivity contribution < 1.29 is 49.3 Å². The average molecular weight is 501 g/mol. The van der Waals surface area contributed by atoms with Crippen LogP contribution in [0.2, 0.25) is 0 Å². The van der Waals surface area contributed by atoms with Gasteiger partial charge in [-0.2, -0.15) is 0 Å². The van der Waals surface area contributed by atoms with Gasteiger partial charge in [-0.05, 0) is 37.7 Å². The zero-order valence-corrected chi connectivity index (χ0v) is 20.3. The molecule has 0 aromatic heterocycles. The van der Waals surface area contributed by atoms with E-state index in [9.17, 15) is 30.0 Å². The summed E-state index contributed by atoms with van der Waals surface area (Å²) in [5.41, 5.74) is 0. The minimum atomic E-state index is -1.57. The zero-order chi connectivity index (χ0) is 25.8. The van der Waals surface area contributed by atoms with Crippen LogP contribution < -0.4 is 0 Å². The second-order valence-corrected chi connectivity index (χ2v) is 9.11. The van der Waals surface area contributed by atoms with Gasteiger partial charge in [0.25, 0.3) is 0 Å². The first kappa shape index (κ1) is 29.6. The number of hydrogen-bond acceptors (Lipinski definition) is 10. The van der Waals surface area contributed by atoms with Crippen molar-refractivity contribution >= 4 is 11.8 Å². The molecule has 0 spiro atoms. The van der Waals surface area contributed by atoms with Gasteiger partial charge < -0.3 is 39.7 Å². The molecule has 3 unspecified atom stereocenters. The predicted octanol–water partition coefficient (Wildman–Crippen LogP) is 0.385. The second-order valence-electron chi connectivity index (χ2n) is 9.11. The van der Waals surface area contributed by atoms with E-state index in [0.29, 0.717) is 6.42 Å². The molecular formula is C25H40O10. The lowest BCUT2D eigenvalue weighted by Crippen LogP contribution is -2.59. The van der Waals surface area contributed by atoms with Gasteiger partial charge in [-0.3, -0.25) is 9.59 Å². The van der Waals surface area contributed by atoms with E-state index in [0.717, 1.165) is 32.1 Å². The molecule has 8 atom stereocenters. The molecule has 0 amide bonds. The van der Waals surface area contributed by atoms with Gasteiger partial charge in [-0.25, -0.2) is 0 Å². The number of aliphatic hydroxyl groups is 5. The molecular weight excluding hydrogens is 460 g/mol. The Hall–Kier alpha value is -1.66. The SMILES string of the molecule is CC/C=C/CC1C(=O)C=CC1CCCCCC(=O)OCC(O)CO[C@@H]1O[C@H](CO)[C@H](O)[C@H](O)[C@H]1O. The molecule has 1 saturated heterocycles. The first-order chi connectivity index (χ1) is 16.8. The fourth-order valence-corrected chi connectivity index (χ4v) is 4.23. The van der Waals surface area contributed by atoms with Crippen molar-refractivity contribution in [3.8, 4) is 0 Å². The number of aliphatic hydroxyl groups excluding tert-OH is 5. The Labute approximate surface area is 206 Å². The Bertz CT molecular complexity index is 706. The molecule has 1 fully saturated rings. The second kappa shape index (κ2) is 15.5. The first-order valence-corrected chi connectivity index (χ1v) is 12.4. The fraction of sp³-hybridized carbons (Fsp3) is 0.760. The van der Waals surface area contributed by atoms with Crippen molar-refractivity contribution in [1.82, 2.24) is 0 Å². The Morgan fingerprint density at radius 2 is 1.89 bits per heavy atom. The van der Waals surface area contributed by atoms with Crippen LogP contribution in [0.5, 0.6) is 0 Å². The van der Waals surface area contributed by atoms with E-state index in [4.69, 9.17) is 19.3 Å². The summed E-state index contributed by atoms with van der Waals surface area (Å²) < 4.78 is 15.5. The van der Waals surface area contributed by atoms with E-state index in [-0.39, 0.29) is 37.3 Å². The number of unbranched alkanes of at least 4 members (excludes halogenated alkanes) is 2. The van der Waals surface area contributed by atoms with E-state index in [1.54, 1.807) is 6.08 Å². The molecule has 2 aliphatic rings. The Morgan fingerprint density at radius 1 is 1.11 bits per heavy atom. The van der Waals surface area contributed by atoms with Gasteiger partial charge >= 0.3 is 5.97 Å². The van der Waals surface area contributed by atoms with Crippen LogP contribution in [-0.4, -0.2) is 93.9 Å². The number of carbonyl (C=O) groups is 2. The summed E-state index contributed by atoms with van der Waals surface area (Å²) in [4.78, 5) is 24.0. The van der Waals surface area contributed by atoms with Gasteiger partial charge in [0.05, 0.1) is 13.2 Å². The van der Waals surface area contributed by atoms with Gasteiger partial charge in [-0.15, -0.1) is 0 Å². The van der Waals surface area contributed by atoms with E-state index < -0.39 is 49.4 Å². The highest BCUT2D eigenvalue weighted by Gasteiger charge is 2.44. The third kappa shape index (κ3) is 9.38. The molecule has 0 radical (unpaired) electrons. The molecule has 2 rings (SSSR count). The maximum atomic E-state index is 12.0. The third-order valence-electron chi connectivity index (χ3n) is 6.34. The lowest BCUT2D eigenvalue weighted by molar-refractivity contribution is -0.305. The van der Waals surface area contributed by atoms with Crippen molar-refractivity contribution in [2.24, 2.45) is 11.8 Å². The molecule has 0 saturated carbocycles. The summed E-state index contributed by atoms with van der Waals surface area (Å²) in [6, 6.07) is 0. The summed E-state index contributed by atoms with van der Waals surface area (Å²) in [5, 5.41) is 48.5. The van der Waals surface area contributed by atoms with Crippen LogP contribution in [0.1, 0.15) is 51.9 Å². The first-order valence-electron chi connectivity index (χ1n) is 12.4. The van der Waals surface area contributed by atoms with Crippen molar-refractivity contribution in [2.75, 3.05) is 19.8 Å². The van der Waals surface area contributed by atoms with Crippen molar-refractivity contribution in [2.45, 2.75) is 88.7 Å². The van der Waals surface area contributed by atoms with E-state index in [1.807, 2.05) is 6.08 Å².